The summed E-state index contributed by atoms with van der Waals surface area (Å²) in [6.07, 6.45) is 8.30. The van der Waals surface area contributed by atoms with E-state index < -0.39 is 6.29 Å². The zero-order valence-electron chi connectivity index (χ0n) is 17.9. The topological polar surface area (TPSA) is 57.7 Å². The number of benzene rings is 2. The molecular weight excluding hydrogens is 402 g/mol. The van der Waals surface area contributed by atoms with E-state index in [1.807, 2.05) is 49.4 Å². The van der Waals surface area contributed by atoms with Crippen molar-refractivity contribution in [2.75, 3.05) is 7.11 Å². The maximum atomic E-state index is 12.2. The lowest BCUT2D eigenvalue weighted by molar-refractivity contribution is -0.147. The van der Waals surface area contributed by atoms with E-state index in [0.29, 0.717) is 18.8 Å². The molecule has 5 rings (SSSR count). The fourth-order valence-electron chi connectivity index (χ4n) is 4.10. The van der Waals surface area contributed by atoms with Gasteiger partial charge in [0, 0.05) is 17.7 Å². The third-order valence-electron chi connectivity index (χ3n) is 5.57. The molecule has 2 heterocycles. The van der Waals surface area contributed by atoms with Gasteiger partial charge in [-0.2, -0.15) is 0 Å². The number of carbonyl (C=O) groups excluding carboxylic acids is 1. The number of rotatable bonds is 5. The van der Waals surface area contributed by atoms with Crippen molar-refractivity contribution in [1.29, 1.82) is 0 Å². The standard InChI is InChI=1S/C27H22NO4/c1-17-11-18(13-20(12-17)22-8-4-5-9-23(22)26(29)30-2)15-31-27-25-21(16-32-27)14-19-7-3-6-10-24(19)28-25/h4-14,27H,15-16H2,1-2H3/q+1. The summed E-state index contributed by atoms with van der Waals surface area (Å²) in [5.74, 6) is -0.355. The molecule has 0 radical (unpaired) electrons. The van der Waals surface area contributed by atoms with Crippen molar-refractivity contribution in [1.82, 2.24) is 4.98 Å². The molecule has 32 heavy (non-hydrogen) atoms. The lowest BCUT2D eigenvalue weighted by Crippen LogP contribution is -2.07. The van der Waals surface area contributed by atoms with Crippen molar-refractivity contribution in [3.05, 3.63) is 99.9 Å². The van der Waals surface area contributed by atoms with Crippen molar-refractivity contribution >= 4 is 18.1 Å². The first-order valence-corrected chi connectivity index (χ1v) is 10.4. The minimum Gasteiger partial charge on any atom is -0.465 e. The Balaban J connectivity index is 1.39. The van der Waals surface area contributed by atoms with Crippen LogP contribution in [-0.4, -0.2) is 18.1 Å². The quantitative estimate of drug-likeness (QED) is 0.404. The second kappa shape index (κ2) is 8.48. The van der Waals surface area contributed by atoms with Crippen LogP contribution in [0.1, 0.15) is 50.3 Å². The highest BCUT2D eigenvalue weighted by molar-refractivity contribution is 5.97. The van der Waals surface area contributed by atoms with Gasteiger partial charge in [0.2, 0.25) is 6.29 Å². The first kappa shape index (κ1) is 20.3. The second-order valence-corrected chi connectivity index (χ2v) is 7.85. The molecule has 1 unspecified atom stereocenters. The number of nitrogens with zero attached hydrogens (tertiary/aromatic N) is 1. The van der Waals surface area contributed by atoms with Gasteiger partial charge in [-0.1, -0.05) is 35.9 Å². The Bertz CT molecular complexity index is 1260. The van der Waals surface area contributed by atoms with Gasteiger partial charge in [0.1, 0.15) is 23.4 Å². The molecule has 158 valence electrons. The van der Waals surface area contributed by atoms with Crippen LogP contribution < -0.4 is 0 Å². The van der Waals surface area contributed by atoms with Crippen LogP contribution in [0.25, 0.3) is 23.3 Å². The Hall–Kier alpha value is -3.63. The van der Waals surface area contributed by atoms with Crippen molar-refractivity contribution in [2.45, 2.75) is 26.4 Å². The fourth-order valence-corrected chi connectivity index (χ4v) is 4.10. The molecule has 2 aromatic carbocycles. The smallest absolute Gasteiger partial charge is 0.338 e. The van der Waals surface area contributed by atoms with E-state index in [-0.39, 0.29) is 5.97 Å². The van der Waals surface area contributed by atoms with E-state index in [4.69, 9.17) is 19.2 Å². The number of allylic oxidation sites excluding steroid dienone is 2. The molecule has 1 aromatic heterocycles. The van der Waals surface area contributed by atoms with E-state index >= 15 is 0 Å². The third-order valence-corrected chi connectivity index (χ3v) is 5.57. The summed E-state index contributed by atoms with van der Waals surface area (Å²) in [7, 11) is 1.39. The average molecular weight is 424 g/mol. The first-order valence-electron chi connectivity index (χ1n) is 10.4. The largest absolute Gasteiger partial charge is 0.465 e. The summed E-state index contributed by atoms with van der Waals surface area (Å²) in [6.45, 7) is 2.87. The number of esters is 1. The molecular formula is C27H22NO4+. The summed E-state index contributed by atoms with van der Waals surface area (Å²) in [5.41, 5.74) is 8.19. The SMILES string of the molecule is COC(=O)c1ccccc1-c1cc(C)cc(COC2OCc3cc4c(nc32)C=C[C+]=C4)c1. The van der Waals surface area contributed by atoms with E-state index in [1.54, 1.807) is 6.07 Å². The zero-order valence-corrected chi connectivity index (χ0v) is 17.9. The molecule has 1 atom stereocenters. The Morgan fingerprint density at radius 1 is 1.22 bits per heavy atom. The molecule has 0 saturated carbocycles. The highest BCUT2D eigenvalue weighted by Crippen LogP contribution is 2.34. The van der Waals surface area contributed by atoms with Gasteiger partial charge in [-0.15, -0.1) is 0 Å². The summed E-state index contributed by atoms with van der Waals surface area (Å²) in [6, 6.07) is 15.7. The number of hydrogen-bond acceptors (Lipinski definition) is 5. The monoisotopic (exact) mass is 424 g/mol. The summed E-state index contributed by atoms with van der Waals surface area (Å²) in [5, 5.41) is 0. The molecule has 0 bridgehead atoms. The zero-order chi connectivity index (χ0) is 22.1. The first-order chi connectivity index (χ1) is 15.6. The van der Waals surface area contributed by atoms with Gasteiger partial charge in [-0.3, -0.25) is 0 Å². The highest BCUT2D eigenvalue weighted by Gasteiger charge is 2.29. The number of aryl methyl sites for hydroxylation is 1. The lowest BCUT2D eigenvalue weighted by atomic mass is 9.96. The summed E-state index contributed by atoms with van der Waals surface area (Å²) >= 11 is 0. The normalized spacial score (nSPS) is 15.8. The van der Waals surface area contributed by atoms with E-state index in [0.717, 1.165) is 44.8 Å². The van der Waals surface area contributed by atoms with Crippen molar-refractivity contribution in [2.24, 2.45) is 0 Å². The van der Waals surface area contributed by atoms with Crippen LogP contribution in [0.15, 0.2) is 54.6 Å². The molecule has 1 aliphatic heterocycles. The highest BCUT2D eigenvalue weighted by atomic mass is 16.7. The van der Waals surface area contributed by atoms with Gasteiger partial charge in [0.05, 0.1) is 32.0 Å². The molecule has 1 aliphatic carbocycles. The average Bonchev–Trinajstić information content (AvgIpc) is 3.22. The van der Waals surface area contributed by atoms with Crippen LogP contribution in [0.5, 0.6) is 0 Å². The number of carbonyl (C=O) groups is 1. The van der Waals surface area contributed by atoms with Gasteiger partial charge < -0.3 is 14.2 Å². The molecule has 0 saturated heterocycles. The number of hydrogen-bond donors (Lipinski definition) is 0. The van der Waals surface area contributed by atoms with Crippen LogP contribution in [0, 0.1) is 13.0 Å². The number of aromatic nitrogens is 1. The van der Waals surface area contributed by atoms with Crippen molar-refractivity contribution in [3.63, 3.8) is 0 Å². The lowest BCUT2D eigenvalue weighted by Gasteiger charge is -2.14. The van der Waals surface area contributed by atoms with Gasteiger partial charge in [0.15, 0.2) is 5.69 Å². The van der Waals surface area contributed by atoms with Crippen molar-refractivity contribution in [3.8, 4) is 11.1 Å². The fraction of sp³-hybridized carbons (Fsp3) is 0.185. The number of methoxy groups -OCH3 is 1. The molecule has 3 aromatic rings. The van der Waals surface area contributed by atoms with Gasteiger partial charge in [-0.05, 0) is 35.7 Å². The molecule has 0 amide bonds. The minimum atomic E-state index is -0.509. The molecule has 0 spiro atoms. The van der Waals surface area contributed by atoms with Crippen molar-refractivity contribution < 1.29 is 19.0 Å². The van der Waals surface area contributed by atoms with Crippen LogP contribution in [0.4, 0.5) is 0 Å². The van der Waals surface area contributed by atoms with Crippen LogP contribution in [-0.2, 0) is 27.4 Å². The van der Waals surface area contributed by atoms with E-state index in [1.165, 1.54) is 7.11 Å². The van der Waals surface area contributed by atoms with Gasteiger partial charge in [-0.25, -0.2) is 9.78 Å². The maximum Gasteiger partial charge on any atom is 0.338 e. The minimum absolute atomic E-state index is 0.355. The van der Waals surface area contributed by atoms with Gasteiger partial charge in [0.25, 0.3) is 0 Å². The van der Waals surface area contributed by atoms with Crippen LogP contribution in [0.2, 0.25) is 0 Å². The Morgan fingerprint density at radius 2 is 2.09 bits per heavy atom. The third kappa shape index (κ3) is 3.85. The van der Waals surface area contributed by atoms with Gasteiger partial charge >= 0.3 is 5.97 Å². The maximum absolute atomic E-state index is 12.2. The Labute approximate surface area is 187 Å². The number of ether oxygens (including phenoxy) is 3. The number of fused-ring (bicyclic) bond motifs is 2. The predicted octanol–water partition coefficient (Wildman–Crippen LogP) is 5.43. The molecule has 0 N–H and O–H groups in total. The molecule has 5 nitrogen and oxygen atoms in total. The Kier molecular flexibility index (Phi) is 5.38. The Morgan fingerprint density at radius 3 is 2.97 bits per heavy atom. The number of pyridine rings is 1. The van der Waals surface area contributed by atoms with Crippen LogP contribution >= 0.6 is 0 Å². The second-order valence-electron chi connectivity index (χ2n) is 7.85. The van der Waals surface area contributed by atoms with E-state index in [9.17, 15) is 4.79 Å². The summed E-state index contributed by atoms with van der Waals surface area (Å²) < 4.78 is 16.9. The summed E-state index contributed by atoms with van der Waals surface area (Å²) in [4.78, 5) is 17.0. The van der Waals surface area contributed by atoms with E-state index in [2.05, 4.69) is 24.3 Å². The molecule has 5 heteroatoms. The molecule has 0 fully saturated rings. The predicted molar refractivity (Wildman–Crippen MR) is 121 cm³/mol. The van der Waals surface area contributed by atoms with Crippen LogP contribution in [0.3, 0.4) is 0 Å². The molecule has 2 aliphatic rings.